The van der Waals surface area contributed by atoms with Crippen LogP contribution in [0, 0.1) is 6.92 Å². The van der Waals surface area contributed by atoms with Crippen LogP contribution < -0.4 is 15.4 Å². The highest BCUT2D eigenvalue weighted by Gasteiger charge is 2.48. The van der Waals surface area contributed by atoms with Gasteiger partial charge in [-0.05, 0) is 65.3 Å². The first-order valence-corrected chi connectivity index (χ1v) is 10.8. The first-order valence-electron chi connectivity index (χ1n) is 8.92. The van der Waals surface area contributed by atoms with Crippen molar-refractivity contribution in [1.82, 2.24) is 10.6 Å². The number of sulfone groups is 1. The summed E-state index contributed by atoms with van der Waals surface area (Å²) in [5.74, 6) is 0.278. The van der Waals surface area contributed by atoms with Crippen LogP contribution >= 0.6 is 12.4 Å². The van der Waals surface area contributed by atoms with Crippen LogP contribution in [0.5, 0.6) is 5.75 Å². The number of carbonyl (C=O) groups excluding carboxylic acids is 1. The van der Waals surface area contributed by atoms with Crippen molar-refractivity contribution in [2.24, 2.45) is 0 Å². The highest BCUT2D eigenvalue weighted by atomic mass is 35.5. The number of hydrogen-bond acceptors (Lipinski definition) is 5. The lowest BCUT2D eigenvalue weighted by molar-refractivity contribution is -0.124. The quantitative estimate of drug-likeness (QED) is 0.766. The molecular formula is C19H31ClN2O4S. The Labute approximate surface area is 168 Å². The average molecular weight is 419 g/mol. The van der Waals surface area contributed by atoms with E-state index < -0.39 is 20.5 Å². The van der Waals surface area contributed by atoms with Crippen LogP contribution in [-0.4, -0.2) is 44.0 Å². The fourth-order valence-corrected chi connectivity index (χ4v) is 4.52. The predicted molar refractivity (Wildman–Crippen MR) is 110 cm³/mol. The van der Waals surface area contributed by atoms with Gasteiger partial charge in [-0.1, -0.05) is 12.1 Å². The number of nitrogens with one attached hydrogen (secondary N) is 2. The monoisotopic (exact) mass is 418 g/mol. The molecule has 8 heteroatoms. The summed E-state index contributed by atoms with van der Waals surface area (Å²) in [6.07, 6.45) is 1.73. The van der Waals surface area contributed by atoms with Gasteiger partial charge in [-0.15, -0.1) is 12.4 Å². The Hall–Kier alpha value is -1.31. The molecule has 1 aromatic carbocycles. The van der Waals surface area contributed by atoms with Crippen molar-refractivity contribution >= 4 is 28.2 Å². The van der Waals surface area contributed by atoms with Crippen LogP contribution in [0.4, 0.5) is 0 Å². The van der Waals surface area contributed by atoms with E-state index in [1.54, 1.807) is 0 Å². The smallest absolute Gasteiger partial charge is 0.241 e. The molecule has 1 fully saturated rings. The molecule has 1 saturated heterocycles. The molecule has 0 aliphatic carbocycles. The van der Waals surface area contributed by atoms with Crippen LogP contribution in [0.1, 0.15) is 44.7 Å². The fourth-order valence-electron chi connectivity index (χ4n) is 3.17. The molecule has 1 heterocycles. The highest BCUT2D eigenvalue weighted by molar-refractivity contribution is 7.92. The van der Waals surface area contributed by atoms with Gasteiger partial charge in [0.1, 0.15) is 11.4 Å². The van der Waals surface area contributed by atoms with Crippen molar-refractivity contribution in [2.75, 3.05) is 19.3 Å². The predicted octanol–water partition coefficient (Wildman–Crippen LogP) is 2.38. The molecule has 27 heavy (non-hydrogen) atoms. The van der Waals surface area contributed by atoms with Crippen LogP contribution in [0.25, 0.3) is 0 Å². The zero-order valence-corrected chi connectivity index (χ0v) is 18.4. The molecule has 1 amide bonds. The maximum absolute atomic E-state index is 12.8. The van der Waals surface area contributed by atoms with Gasteiger partial charge in [0.2, 0.25) is 5.91 Å². The van der Waals surface area contributed by atoms with Gasteiger partial charge in [-0.25, -0.2) is 8.42 Å². The van der Waals surface area contributed by atoms with Gasteiger partial charge in [0.25, 0.3) is 0 Å². The van der Waals surface area contributed by atoms with E-state index in [1.165, 1.54) is 0 Å². The van der Waals surface area contributed by atoms with E-state index in [0.29, 0.717) is 18.8 Å². The summed E-state index contributed by atoms with van der Waals surface area (Å²) in [7, 11) is -3.52. The van der Waals surface area contributed by atoms with Gasteiger partial charge >= 0.3 is 0 Å². The van der Waals surface area contributed by atoms with E-state index in [4.69, 9.17) is 4.74 Å². The lowest BCUT2D eigenvalue weighted by atomic mass is 9.95. The summed E-state index contributed by atoms with van der Waals surface area (Å²) in [6.45, 7) is 9.13. The van der Waals surface area contributed by atoms with Gasteiger partial charge in [-0.3, -0.25) is 4.79 Å². The largest absolute Gasteiger partial charge is 0.488 e. The topological polar surface area (TPSA) is 84.5 Å². The van der Waals surface area contributed by atoms with Gasteiger partial charge in [0.15, 0.2) is 14.6 Å². The van der Waals surface area contributed by atoms with E-state index in [9.17, 15) is 13.2 Å². The zero-order chi connectivity index (χ0) is 19.6. The number of benzene rings is 1. The summed E-state index contributed by atoms with van der Waals surface area (Å²) >= 11 is 0. The lowest BCUT2D eigenvalue weighted by Crippen LogP contribution is -2.57. The fraction of sp³-hybridized carbons (Fsp3) is 0.632. The second kappa shape index (κ2) is 8.80. The minimum atomic E-state index is -3.52. The Morgan fingerprint density at radius 2 is 1.85 bits per heavy atom. The van der Waals surface area contributed by atoms with E-state index in [0.717, 1.165) is 17.4 Å². The molecule has 0 unspecified atom stereocenters. The first kappa shape index (κ1) is 23.7. The number of rotatable bonds is 5. The van der Waals surface area contributed by atoms with Gasteiger partial charge in [-0.2, -0.15) is 0 Å². The highest BCUT2D eigenvalue weighted by Crippen LogP contribution is 2.29. The molecule has 1 aliphatic heterocycles. The zero-order valence-electron chi connectivity index (χ0n) is 16.7. The Bertz CT molecular complexity index is 766. The third-order valence-electron chi connectivity index (χ3n) is 4.61. The van der Waals surface area contributed by atoms with Crippen LogP contribution in [0.3, 0.4) is 0 Å². The summed E-state index contributed by atoms with van der Waals surface area (Å²) in [5.41, 5.74) is 1.53. The molecule has 0 atom stereocenters. The third kappa shape index (κ3) is 5.83. The SMILES string of the molecule is Cc1ccc(CNC(=O)C2(S(C)(=O)=O)CCNCC2)c(OC(C)(C)C)c1.Cl. The first-order chi connectivity index (χ1) is 11.9. The number of halogens is 1. The Morgan fingerprint density at radius 1 is 1.26 bits per heavy atom. The minimum Gasteiger partial charge on any atom is -0.488 e. The summed E-state index contributed by atoms with van der Waals surface area (Å²) in [4.78, 5) is 12.8. The van der Waals surface area contributed by atoms with E-state index in [2.05, 4.69) is 10.6 Å². The van der Waals surface area contributed by atoms with Crippen LogP contribution in [-0.2, 0) is 21.2 Å². The summed E-state index contributed by atoms with van der Waals surface area (Å²) in [5, 5.41) is 5.95. The van der Waals surface area contributed by atoms with Crippen molar-refractivity contribution in [3.63, 3.8) is 0 Å². The van der Waals surface area contributed by atoms with E-state index in [1.807, 2.05) is 45.9 Å². The van der Waals surface area contributed by atoms with Gasteiger partial charge in [0.05, 0.1) is 0 Å². The number of amides is 1. The third-order valence-corrected chi connectivity index (χ3v) is 6.63. The minimum absolute atomic E-state index is 0. The average Bonchev–Trinajstić information content (AvgIpc) is 2.52. The van der Waals surface area contributed by atoms with Crippen molar-refractivity contribution in [1.29, 1.82) is 0 Å². The van der Waals surface area contributed by atoms with Gasteiger partial charge in [0, 0.05) is 18.4 Å². The normalized spacial score (nSPS) is 16.9. The van der Waals surface area contributed by atoms with Crippen LogP contribution in [0.15, 0.2) is 18.2 Å². The summed E-state index contributed by atoms with van der Waals surface area (Å²) < 4.78 is 29.3. The van der Waals surface area contributed by atoms with E-state index in [-0.39, 0.29) is 37.4 Å². The number of piperidine rings is 1. The molecule has 0 bridgehead atoms. The number of aryl methyl sites for hydroxylation is 1. The molecule has 0 saturated carbocycles. The Kier molecular flexibility index (Phi) is 7.73. The molecule has 6 nitrogen and oxygen atoms in total. The Balaban J connectivity index is 0.00000364. The number of carbonyl (C=O) groups is 1. The van der Waals surface area contributed by atoms with Crippen LogP contribution in [0.2, 0.25) is 0 Å². The van der Waals surface area contributed by atoms with Crippen molar-refractivity contribution in [3.05, 3.63) is 29.3 Å². The molecule has 0 aromatic heterocycles. The van der Waals surface area contributed by atoms with Crippen molar-refractivity contribution in [3.8, 4) is 5.75 Å². The molecule has 1 aliphatic rings. The molecule has 0 radical (unpaired) electrons. The molecule has 2 rings (SSSR count). The molecule has 154 valence electrons. The van der Waals surface area contributed by atoms with Crippen molar-refractivity contribution < 1.29 is 17.9 Å². The Morgan fingerprint density at radius 3 is 2.37 bits per heavy atom. The molecule has 2 N–H and O–H groups in total. The summed E-state index contributed by atoms with van der Waals surface area (Å²) in [6, 6.07) is 5.80. The molecule has 1 aromatic rings. The maximum atomic E-state index is 12.8. The number of ether oxygens (including phenoxy) is 1. The van der Waals surface area contributed by atoms with E-state index >= 15 is 0 Å². The maximum Gasteiger partial charge on any atom is 0.241 e. The molecule has 0 spiro atoms. The second-order valence-electron chi connectivity index (χ2n) is 8.02. The van der Waals surface area contributed by atoms with Crippen molar-refractivity contribution in [2.45, 2.75) is 57.4 Å². The standard InChI is InChI=1S/C19H30N2O4S.ClH/c1-14-6-7-15(16(12-14)25-18(2,3)4)13-21-17(22)19(26(5,23)24)8-10-20-11-9-19;/h6-7,12,20H,8-11,13H2,1-5H3,(H,21,22);1H. The lowest BCUT2D eigenvalue weighted by Gasteiger charge is -2.34. The number of hydrogen-bond donors (Lipinski definition) is 2. The molecular weight excluding hydrogens is 388 g/mol. The van der Waals surface area contributed by atoms with Gasteiger partial charge < -0.3 is 15.4 Å². The second-order valence-corrected chi connectivity index (χ2v) is 10.4.